The van der Waals surface area contributed by atoms with Gasteiger partial charge in [-0.05, 0) is 28.8 Å². The van der Waals surface area contributed by atoms with E-state index < -0.39 is 18.1 Å². The maximum atomic E-state index is 11.8. The number of carboxylic acid groups (broad SMARTS) is 1. The molecule has 2 rings (SSSR count). The minimum atomic E-state index is -1.11. The number of carbonyl (C=O) groups is 1. The summed E-state index contributed by atoms with van der Waals surface area (Å²) in [4.78, 5) is 22.4. The molecule has 8 heteroatoms. The third-order valence-electron chi connectivity index (χ3n) is 2.81. The van der Waals surface area contributed by atoms with Gasteiger partial charge >= 0.3 is 5.97 Å². The molecule has 2 N–H and O–H groups in total. The van der Waals surface area contributed by atoms with Gasteiger partial charge in [-0.1, -0.05) is 0 Å². The second kappa shape index (κ2) is 6.16. The molecule has 1 aliphatic heterocycles. The fourth-order valence-electron chi connectivity index (χ4n) is 1.86. The number of carboxylic acids is 1. The molecule has 0 saturated carbocycles. The maximum Gasteiger partial charge on any atom is 0.325 e. The van der Waals surface area contributed by atoms with Gasteiger partial charge in [-0.3, -0.25) is 9.59 Å². The number of ether oxygens (including phenoxy) is 1. The van der Waals surface area contributed by atoms with Crippen LogP contribution in [0.15, 0.2) is 15.5 Å². The van der Waals surface area contributed by atoms with E-state index in [1.165, 1.54) is 6.20 Å². The van der Waals surface area contributed by atoms with Crippen LogP contribution >= 0.6 is 15.9 Å². The van der Waals surface area contributed by atoms with Crippen molar-refractivity contribution >= 4 is 27.6 Å². The smallest absolute Gasteiger partial charge is 0.325 e. The van der Waals surface area contributed by atoms with Gasteiger partial charge in [0.25, 0.3) is 5.56 Å². The lowest BCUT2D eigenvalue weighted by atomic mass is 10.2. The number of nitrogens with one attached hydrogen (secondary N) is 1. The summed E-state index contributed by atoms with van der Waals surface area (Å²) in [5.41, 5.74) is 0.0712. The quantitative estimate of drug-likeness (QED) is 0.824. The highest BCUT2D eigenvalue weighted by atomic mass is 79.9. The Balaban J connectivity index is 2.07. The standard InChI is InChI=1S/C11H14BrN3O4/c12-10-8(13-4-7-2-1-3-19-7)5-14-15(11(10)18)6-9(16)17/h5,7,13H,1-4,6H2,(H,16,17)/t7-/m0/s1. The van der Waals surface area contributed by atoms with Crippen LogP contribution in [0.3, 0.4) is 0 Å². The van der Waals surface area contributed by atoms with Crippen LogP contribution in [-0.2, 0) is 16.1 Å². The van der Waals surface area contributed by atoms with Gasteiger partial charge in [0.2, 0.25) is 0 Å². The summed E-state index contributed by atoms with van der Waals surface area (Å²) in [6, 6.07) is 0. The van der Waals surface area contributed by atoms with Gasteiger partial charge in [0.15, 0.2) is 0 Å². The van der Waals surface area contributed by atoms with Gasteiger partial charge in [0.05, 0.1) is 18.0 Å². The third-order valence-corrected chi connectivity index (χ3v) is 3.58. The van der Waals surface area contributed by atoms with Crippen LogP contribution in [0.25, 0.3) is 0 Å². The highest BCUT2D eigenvalue weighted by Crippen LogP contribution is 2.18. The first-order valence-corrected chi connectivity index (χ1v) is 6.70. The van der Waals surface area contributed by atoms with Crippen LogP contribution < -0.4 is 10.9 Å². The number of nitrogens with zero attached hydrogens (tertiary/aromatic N) is 2. The van der Waals surface area contributed by atoms with Crippen molar-refractivity contribution in [1.82, 2.24) is 9.78 Å². The summed E-state index contributed by atoms with van der Waals surface area (Å²) in [6.45, 7) is 0.915. The molecule has 1 aromatic rings. The number of halogens is 1. The first-order valence-electron chi connectivity index (χ1n) is 5.91. The molecular formula is C11H14BrN3O4. The van der Waals surface area contributed by atoms with E-state index in [9.17, 15) is 9.59 Å². The molecule has 0 aliphatic carbocycles. The zero-order valence-corrected chi connectivity index (χ0v) is 11.7. The Labute approximate surface area is 117 Å². The summed E-state index contributed by atoms with van der Waals surface area (Å²) in [7, 11) is 0. The summed E-state index contributed by atoms with van der Waals surface area (Å²) < 4.78 is 6.63. The minimum absolute atomic E-state index is 0.147. The van der Waals surface area contributed by atoms with E-state index in [1.54, 1.807) is 0 Å². The molecule has 19 heavy (non-hydrogen) atoms. The van der Waals surface area contributed by atoms with Gasteiger partial charge in [-0.15, -0.1) is 0 Å². The van der Waals surface area contributed by atoms with E-state index in [1.807, 2.05) is 0 Å². The summed E-state index contributed by atoms with van der Waals surface area (Å²) in [6.07, 6.45) is 3.62. The first kappa shape index (κ1) is 14.0. The third kappa shape index (κ3) is 3.54. The van der Waals surface area contributed by atoms with Crippen LogP contribution in [0.4, 0.5) is 5.69 Å². The predicted molar refractivity (Wildman–Crippen MR) is 71.3 cm³/mol. The highest BCUT2D eigenvalue weighted by Gasteiger charge is 2.16. The number of hydrogen-bond acceptors (Lipinski definition) is 5. The molecule has 2 heterocycles. The first-order chi connectivity index (χ1) is 9.08. The van der Waals surface area contributed by atoms with E-state index in [0.717, 1.165) is 24.1 Å². The van der Waals surface area contributed by atoms with E-state index in [4.69, 9.17) is 9.84 Å². The Bertz CT molecular complexity index is 525. The molecule has 1 saturated heterocycles. The van der Waals surface area contributed by atoms with Crippen LogP contribution in [0.2, 0.25) is 0 Å². The molecular weight excluding hydrogens is 318 g/mol. The van der Waals surface area contributed by atoms with E-state index >= 15 is 0 Å². The normalized spacial score (nSPS) is 18.5. The molecule has 1 aliphatic rings. The Morgan fingerprint density at radius 1 is 1.68 bits per heavy atom. The van der Waals surface area contributed by atoms with Crippen molar-refractivity contribution in [2.24, 2.45) is 0 Å². The fraction of sp³-hybridized carbons (Fsp3) is 0.545. The second-order valence-electron chi connectivity index (χ2n) is 4.24. The fourth-order valence-corrected chi connectivity index (χ4v) is 2.31. The molecule has 0 bridgehead atoms. The molecule has 1 fully saturated rings. The highest BCUT2D eigenvalue weighted by molar-refractivity contribution is 9.10. The lowest BCUT2D eigenvalue weighted by Crippen LogP contribution is -2.28. The molecule has 0 amide bonds. The number of hydrogen-bond donors (Lipinski definition) is 2. The monoisotopic (exact) mass is 331 g/mol. The molecule has 1 atom stereocenters. The second-order valence-corrected chi connectivity index (χ2v) is 5.04. The lowest BCUT2D eigenvalue weighted by Gasteiger charge is -2.13. The number of aromatic nitrogens is 2. The van der Waals surface area contributed by atoms with Crippen molar-refractivity contribution in [3.8, 4) is 0 Å². The Morgan fingerprint density at radius 2 is 2.47 bits per heavy atom. The van der Waals surface area contributed by atoms with Gasteiger partial charge in [0, 0.05) is 13.2 Å². The lowest BCUT2D eigenvalue weighted by molar-refractivity contribution is -0.138. The molecule has 0 spiro atoms. The van der Waals surface area contributed by atoms with Gasteiger partial charge in [-0.25, -0.2) is 4.68 Å². The summed E-state index contributed by atoms with van der Waals surface area (Å²) in [5.74, 6) is -1.11. The Morgan fingerprint density at radius 3 is 3.11 bits per heavy atom. The Hall–Kier alpha value is -1.41. The SMILES string of the molecule is O=C(O)Cn1ncc(NC[C@@H]2CCCO2)c(Br)c1=O. The number of rotatable bonds is 5. The zero-order chi connectivity index (χ0) is 13.8. The Kier molecular flexibility index (Phi) is 4.54. The molecule has 0 radical (unpaired) electrons. The predicted octanol–water partition coefficient (Wildman–Crippen LogP) is 0.681. The van der Waals surface area contributed by atoms with Gasteiger partial charge in [0.1, 0.15) is 11.0 Å². The van der Waals surface area contributed by atoms with Crippen molar-refractivity contribution in [3.63, 3.8) is 0 Å². The maximum absolute atomic E-state index is 11.8. The average Bonchev–Trinajstić information content (AvgIpc) is 2.87. The van der Waals surface area contributed by atoms with E-state index in [2.05, 4.69) is 26.3 Å². The zero-order valence-electron chi connectivity index (χ0n) is 10.1. The van der Waals surface area contributed by atoms with Crippen molar-refractivity contribution < 1.29 is 14.6 Å². The van der Waals surface area contributed by atoms with Crippen LogP contribution in [0.5, 0.6) is 0 Å². The number of aliphatic carboxylic acids is 1. The summed E-state index contributed by atoms with van der Waals surface area (Å²) in [5, 5.41) is 15.5. The average molecular weight is 332 g/mol. The van der Waals surface area contributed by atoms with Crippen LogP contribution in [0.1, 0.15) is 12.8 Å². The minimum Gasteiger partial charge on any atom is -0.480 e. The topological polar surface area (TPSA) is 93.4 Å². The van der Waals surface area contributed by atoms with Crippen molar-refractivity contribution in [3.05, 3.63) is 21.0 Å². The van der Waals surface area contributed by atoms with Gasteiger partial charge in [-0.2, -0.15) is 5.10 Å². The van der Waals surface area contributed by atoms with Gasteiger partial charge < -0.3 is 15.2 Å². The van der Waals surface area contributed by atoms with E-state index in [-0.39, 0.29) is 10.6 Å². The van der Waals surface area contributed by atoms with Crippen LogP contribution in [0, 0.1) is 0 Å². The van der Waals surface area contributed by atoms with Crippen LogP contribution in [-0.4, -0.2) is 40.1 Å². The molecule has 104 valence electrons. The van der Waals surface area contributed by atoms with Crippen molar-refractivity contribution in [1.29, 1.82) is 0 Å². The largest absolute Gasteiger partial charge is 0.480 e. The molecule has 1 aromatic heterocycles. The van der Waals surface area contributed by atoms with E-state index in [0.29, 0.717) is 12.2 Å². The molecule has 0 aromatic carbocycles. The number of anilines is 1. The van der Waals surface area contributed by atoms with Crippen molar-refractivity contribution in [2.75, 3.05) is 18.5 Å². The molecule has 7 nitrogen and oxygen atoms in total. The summed E-state index contributed by atoms with van der Waals surface area (Å²) >= 11 is 3.16. The van der Waals surface area contributed by atoms with Crippen molar-refractivity contribution in [2.45, 2.75) is 25.5 Å². The molecule has 0 unspecified atom stereocenters.